The molecule has 0 amide bonds. The first-order valence-electron chi connectivity index (χ1n) is 24.4. The largest absolute Gasteiger partial charge is 0.208 e. The second-order valence-electron chi connectivity index (χ2n) is 24.1. The normalized spacial score (nSPS) is 12.6. The molecule has 0 aliphatic carbocycles. The zero-order valence-electron chi connectivity index (χ0n) is 43.4. The minimum absolute atomic E-state index is 0.0168. The van der Waals surface area contributed by atoms with Crippen LogP contribution < -0.4 is 0 Å². The molecule has 8 aromatic rings. The van der Waals surface area contributed by atoms with Crippen LogP contribution in [0.15, 0.2) is 158 Å². The highest BCUT2D eigenvalue weighted by molar-refractivity contribution is 5.85. The van der Waals surface area contributed by atoms with Crippen molar-refractivity contribution in [1.29, 1.82) is 0 Å². The SMILES string of the molecule is CC(C)(C)c1cc(-c2cc(-c3cc(C(C)(C)C)cc(C(C)(C)C)c3)cc(-c3cc(C(C)(C)C)cc(C(C)(C)C)c3)c2)cc(-c2cccc(-c3nc(-c4ccccc4)nc(-c4ccccc4)n3)c2)c1. The zero-order valence-corrected chi connectivity index (χ0v) is 43.4. The molecule has 1 aromatic heterocycles. The van der Waals surface area contributed by atoms with Crippen molar-refractivity contribution in [2.24, 2.45) is 0 Å². The van der Waals surface area contributed by atoms with Crippen molar-refractivity contribution >= 4 is 0 Å². The van der Waals surface area contributed by atoms with Gasteiger partial charge in [0.15, 0.2) is 17.5 Å². The van der Waals surface area contributed by atoms with Gasteiger partial charge in [-0.3, -0.25) is 0 Å². The van der Waals surface area contributed by atoms with Crippen LogP contribution in [-0.2, 0) is 27.1 Å². The lowest BCUT2D eigenvalue weighted by atomic mass is 9.77. The minimum atomic E-state index is -0.114. The molecule has 0 N–H and O–H groups in total. The van der Waals surface area contributed by atoms with Crippen molar-refractivity contribution < 1.29 is 0 Å². The summed E-state index contributed by atoms with van der Waals surface area (Å²) in [6.07, 6.45) is 0. The summed E-state index contributed by atoms with van der Waals surface area (Å²) in [6, 6.07) is 58.1. The van der Waals surface area contributed by atoms with Gasteiger partial charge in [-0.2, -0.15) is 0 Å². The van der Waals surface area contributed by atoms with Gasteiger partial charge in [0.25, 0.3) is 0 Å². The van der Waals surface area contributed by atoms with Crippen molar-refractivity contribution in [3.63, 3.8) is 0 Å². The summed E-state index contributed by atoms with van der Waals surface area (Å²) in [5, 5.41) is 0. The molecule has 0 aliphatic rings. The Morgan fingerprint density at radius 3 is 0.750 bits per heavy atom. The third-order valence-electron chi connectivity index (χ3n) is 13.2. The molecule has 0 aliphatic heterocycles. The zero-order chi connectivity index (χ0) is 49.0. The van der Waals surface area contributed by atoms with Gasteiger partial charge in [-0.15, -0.1) is 0 Å². The van der Waals surface area contributed by atoms with E-state index in [9.17, 15) is 0 Å². The standard InChI is InChI=1S/C65H71N3/c1-61(2,3)53-34-49(44-27-22-28-45(29-44)60-67-58(42-23-18-16-19-24-42)66-59(68-60)43-25-20-17-21-26-43)33-50(35-53)46-30-47(51-36-54(62(4,5)6)40-55(37-51)63(7,8)9)32-48(31-46)52-38-56(64(10,11)12)41-57(39-52)65(13,14)15/h16-41H,1-15H3. The molecule has 68 heavy (non-hydrogen) atoms. The minimum Gasteiger partial charge on any atom is -0.208 e. The number of hydrogen-bond donors (Lipinski definition) is 0. The summed E-state index contributed by atoms with van der Waals surface area (Å²) >= 11 is 0. The molecule has 346 valence electrons. The molecule has 3 heteroatoms. The molecule has 1 heterocycles. The quantitative estimate of drug-likeness (QED) is 0.160. The van der Waals surface area contributed by atoms with E-state index in [0.29, 0.717) is 17.5 Å². The summed E-state index contributed by atoms with van der Waals surface area (Å²) < 4.78 is 0. The highest BCUT2D eigenvalue weighted by Gasteiger charge is 2.25. The van der Waals surface area contributed by atoms with Gasteiger partial charge in [0.1, 0.15) is 0 Å². The molecule has 7 aromatic carbocycles. The fourth-order valence-electron chi connectivity index (χ4n) is 8.62. The summed E-state index contributed by atoms with van der Waals surface area (Å²) in [7, 11) is 0. The van der Waals surface area contributed by atoms with Crippen molar-refractivity contribution in [3.05, 3.63) is 186 Å². The van der Waals surface area contributed by atoms with E-state index in [4.69, 9.17) is 15.0 Å². The third kappa shape index (κ3) is 10.8. The molecule has 0 atom stereocenters. The molecule has 0 saturated carbocycles. The predicted molar refractivity (Wildman–Crippen MR) is 291 cm³/mol. The predicted octanol–water partition coefficient (Wildman–Crippen LogP) is 18.0. The first-order valence-corrected chi connectivity index (χ1v) is 24.4. The summed E-state index contributed by atoms with van der Waals surface area (Å²) in [5.74, 6) is 1.94. The topological polar surface area (TPSA) is 38.7 Å². The molecule has 0 spiro atoms. The van der Waals surface area contributed by atoms with Gasteiger partial charge in [0.2, 0.25) is 0 Å². The molecule has 0 saturated heterocycles. The van der Waals surface area contributed by atoms with E-state index in [1.807, 2.05) is 36.4 Å². The van der Waals surface area contributed by atoms with Crippen LogP contribution >= 0.6 is 0 Å². The average molecular weight is 894 g/mol. The number of hydrogen-bond acceptors (Lipinski definition) is 3. The Balaban J connectivity index is 1.36. The Labute approximate surface area is 408 Å². The van der Waals surface area contributed by atoms with E-state index in [0.717, 1.165) is 27.8 Å². The molecule has 8 rings (SSSR count). The van der Waals surface area contributed by atoms with Crippen LogP contribution in [0.5, 0.6) is 0 Å². The summed E-state index contributed by atoms with van der Waals surface area (Å²) in [6.45, 7) is 34.8. The molecule has 0 bridgehead atoms. The maximum absolute atomic E-state index is 5.10. The lowest BCUT2D eigenvalue weighted by Gasteiger charge is -2.27. The van der Waals surface area contributed by atoms with Crippen LogP contribution in [0.2, 0.25) is 0 Å². The Bertz CT molecular complexity index is 2890. The average Bonchev–Trinajstić information content (AvgIpc) is 3.30. The second-order valence-corrected chi connectivity index (χ2v) is 24.1. The van der Waals surface area contributed by atoms with Crippen LogP contribution in [0.1, 0.15) is 132 Å². The highest BCUT2D eigenvalue weighted by Crippen LogP contribution is 2.42. The van der Waals surface area contributed by atoms with Gasteiger partial charge in [-0.05, 0) is 130 Å². The third-order valence-corrected chi connectivity index (χ3v) is 13.2. The fraction of sp³-hybridized carbons (Fsp3) is 0.308. The number of aromatic nitrogens is 3. The molecule has 3 nitrogen and oxygen atoms in total. The van der Waals surface area contributed by atoms with E-state index < -0.39 is 0 Å². The van der Waals surface area contributed by atoms with Crippen molar-refractivity contribution in [2.75, 3.05) is 0 Å². The van der Waals surface area contributed by atoms with Crippen LogP contribution in [0.3, 0.4) is 0 Å². The van der Waals surface area contributed by atoms with Crippen LogP contribution in [0, 0.1) is 0 Å². The Kier molecular flexibility index (Phi) is 12.6. The van der Waals surface area contributed by atoms with Gasteiger partial charge in [-0.1, -0.05) is 231 Å². The molecule has 0 unspecified atom stereocenters. The maximum atomic E-state index is 5.10. The van der Waals surface area contributed by atoms with Crippen LogP contribution in [-0.4, -0.2) is 15.0 Å². The number of benzene rings is 7. The fourth-order valence-corrected chi connectivity index (χ4v) is 8.62. The van der Waals surface area contributed by atoms with Crippen LogP contribution in [0.4, 0.5) is 0 Å². The Hall–Kier alpha value is -6.45. The van der Waals surface area contributed by atoms with Crippen LogP contribution in [0.25, 0.3) is 78.7 Å². The van der Waals surface area contributed by atoms with Gasteiger partial charge >= 0.3 is 0 Å². The van der Waals surface area contributed by atoms with E-state index in [1.54, 1.807) is 0 Å². The Morgan fingerprint density at radius 2 is 0.426 bits per heavy atom. The van der Waals surface area contributed by atoms with E-state index >= 15 is 0 Å². The van der Waals surface area contributed by atoms with Gasteiger partial charge in [-0.25, -0.2) is 15.0 Å². The molecular weight excluding hydrogens is 823 g/mol. The maximum Gasteiger partial charge on any atom is 0.164 e. The monoisotopic (exact) mass is 894 g/mol. The number of rotatable bonds is 7. The van der Waals surface area contributed by atoms with Crippen molar-refractivity contribution in [3.8, 4) is 78.7 Å². The first-order chi connectivity index (χ1) is 31.8. The van der Waals surface area contributed by atoms with Gasteiger partial charge in [0, 0.05) is 16.7 Å². The highest BCUT2D eigenvalue weighted by atomic mass is 15.0. The number of nitrogens with zero attached hydrogens (tertiary/aromatic N) is 3. The summed E-state index contributed by atoms with van der Waals surface area (Å²) in [5.41, 5.74) is 18.9. The smallest absolute Gasteiger partial charge is 0.164 e. The van der Waals surface area contributed by atoms with E-state index in [-0.39, 0.29) is 27.1 Å². The molecule has 0 fully saturated rings. The van der Waals surface area contributed by atoms with E-state index in [1.165, 1.54) is 61.2 Å². The summed E-state index contributed by atoms with van der Waals surface area (Å²) in [4.78, 5) is 15.2. The molecule has 0 radical (unpaired) electrons. The second kappa shape index (κ2) is 17.9. The van der Waals surface area contributed by atoms with Crippen molar-refractivity contribution in [1.82, 2.24) is 15.0 Å². The van der Waals surface area contributed by atoms with Gasteiger partial charge < -0.3 is 0 Å². The first kappa shape index (κ1) is 48.0. The van der Waals surface area contributed by atoms with Gasteiger partial charge in [0.05, 0.1) is 0 Å². The molecular formula is C65H71N3. The van der Waals surface area contributed by atoms with E-state index in [2.05, 4.69) is 225 Å². The lowest BCUT2D eigenvalue weighted by molar-refractivity contribution is 0.568. The Morgan fingerprint density at radius 1 is 0.206 bits per heavy atom. The van der Waals surface area contributed by atoms with Crippen molar-refractivity contribution in [2.45, 2.75) is 131 Å². The lowest BCUT2D eigenvalue weighted by Crippen LogP contribution is -2.16.